The van der Waals surface area contributed by atoms with E-state index in [0.29, 0.717) is 12.3 Å². The van der Waals surface area contributed by atoms with Crippen LogP contribution in [-0.2, 0) is 4.79 Å². The molecule has 0 saturated heterocycles. The van der Waals surface area contributed by atoms with Gasteiger partial charge in [0, 0.05) is 30.6 Å². The lowest BCUT2D eigenvalue weighted by atomic mass is 10.0. The van der Waals surface area contributed by atoms with Crippen molar-refractivity contribution in [1.82, 2.24) is 4.90 Å². The first-order valence-electron chi connectivity index (χ1n) is 7.98. The lowest BCUT2D eigenvalue weighted by Crippen LogP contribution is -2.34. The van der Waals surface area contributed by atoms with Crippen molar-refractivity contribution in [3.8, 4) is 0 Å². The minimum Gasteiger partial charge on any atom is -0.387 e. The molecule has 0 atom stereocenters. The van der Waals surface area contributed by atoms with Crippen LogP contribution in [-0.4, -0.2) is 29.7 Å². The van der Waals surface area contributed by atoms with Gasteiger partial charge in [-0.2, -0.15) is 0 Å². The molecule has 118 valence electrons. The van der Waals surface area contributed by atoms with Gasteiger partial charge in [0.25, 0.3) is 0 Å². The number of hydrogen-bond donors (Lipinski definition) is 1. The van der Waals surface area contributed by atoms with Crippen molar-refractivity contribution in [2.75, 3.05) is 13.1 Å². The highest BCUT2D eigenvalue weighted by atomic mass is 16.2. The molecule has 0 aromatic heterocycles. The molecule has 1 amide bonds. The third-order valence-corrected chi connectivity index (χ3v) is 3.70. The molecule has 0 saturated carbocycles. The molecule has 2 N–H and O–H groups in total. The van der Waals surface area contributed by atoms with E-state index in [0.717, 1.165) is 48.3 Å². The minimum absolute atomic E-state index is 0.0798. The quantitative estimate of drug-likeness (QED) is 0.905. The molecule has 0 spiro atoms. The monoisotopic (exact) mass is 299 g/mol. The first-order valence-corrected chi connectivity index (χ1v) is 7.98. The lowest BCUT2D eigenvalue weighted by Gasteiger charge is -2.22. The maximum atomic E-state index is 12.8. The molecular formula is C18H25N3O. The highest BCUT2D eigenvalue weighted by Crippen LogP contribution is 2.28. The second kappa shape index (κ2) is 7.25. The van der Waals surface area contributed by atoms with Gasteiger partial charge in [0.2, 0.25) is 5.91 Å². The van der Waals surface area contributed by atoms with E-state index in [1.165, 1.54) is 0 Å². The van der Waals surface area contributed by atoms with Gasteiger partial charge in [0.1, 0.15) is 5.84 Å². The summed E-state index contributed by atoms with van der Waals surface area (Å²) in [5.74, 6) is 0.575. The van der Waals surface area contributed by atoms with Crippen LogP contribution in [0.1, 0.15) is 44.2 Å². The molecule has 1 heterocycles. The van der Waals surface area contributed by atoms with Crippen LogP contribution in [0.25, 0.3) is 6.08 Å². The number of nitrogens with two attached hydrogens (primary N) is 1. The number of benzene rings is 1. The van der Waals surface area contributed by atoms with E-state index in [1.807, 2.05) is 30.0 Å². The van der Waals surface area contributed by atoms with E-state index in [2.05, 4.69) is 24.9 Å². The largest absolute Gasteiger partial charge is 0.387 e. The zero-order chi connectivity index (χ0) is 16.1. The van der Waals surface area contributed by atoms with E-state index in [9.17, 15) is 4.79 Å². The Balaban J connectivity index is 2.37. The minimum atomic E-state index is 0.0798. The summed E-state index contributed by atoms with van der Waals surface area (Å²) >= 11 is 0. The van der Waals surface area contributed by atoms with Gasteiger partial charge in [0.05, 0.1) is 5.69 Å². The molecule has 0 aliphatic carbocycles. The predicted octanol–water partition coefficient (Wildman–Crippen LogP) is 3.42. The number of amidine groups is 1. The normalized spacial score (nSPS) is 13.8. The summed E-state index contributed by atoms with van der Waals surface area (Å²) in [6.07, 6.45) is 4.28. The molecule has 1 aromatic carbocycles. The Morgan fingerprint density at radius 3 is 2.59 bits per heavy atom. The number of nitrogens with zero attached hydrogens (tertiary/aromatic N) is 2. The van der Waals surface area contributed by atoms with Crippen LogP contribution in [0.5, 0.6) is 0 Å². The Hall–Kier alpha value is -2.10. The summed E-state index contributed by atoms with van der Waals surface area (Å²) < 4.78 is 0. The first kappa shape index (κ1) is 16.3. The average Bonchev–Trinajstić information content (AvgIpc) is 2.64. The van der Waals surface area contributed by atoms with Gasteiger partial charge in [-0.1, -0.05) is 25.5 Å². The van der Waals surface area contributed by atoms with E-state index in [-0.39, 0.29) is 5.91 Å². The smallest absolute Gasteiger partial charge is 0.250 e. The molecule has 0 fully saturated rings. The molecule has 4 heteroatoms. The fourth-order valence-electron chi connectivity index (χ4n) is 2.71. The van der Waals surface area contributed by atoms with E-state index in [4.69, 9.17) is 5.73 Å². The van der Waals surface area contributed by atoms with Crippen molar-refractivity contribution in [2.45, 2.75) is 40.0 Å². The van der Waals surface area contributed by atoms with Crippen molar-refractivity contribution in [3.05, 3.63) is 34.9 Å². The zero-order valence-electron chi connectivity index (χ0n) is 13.7. The molecule has 0 bridgehead atoms. The number of fused-ring (bicyclic) bond motifs is 1. The van der Waals surface area contributed by atoms with Crippen molar-refractivity contribution >= 4 is 23.5 Å². The fraction of sp³-hybridized carbons (Fsp3) is 0.444. The maximum Gasteiger partial charge on any atom is 0.250 e. The van der Waals surface area contributed by atoms with Crippen molar-refractivity contribution in [2.24, 2.45) is 10.7 Å². The van der Waals surface area contributed by atoms with Gasteiger partial charge >= 0.3 is 0 Å². The van der Waals surface area contributed by atoms with Crippen molar-refractivity contribution in [3.63, 3.8) is 0 Å². The number of aliphatic imine (C=N–C) groups is 1. The third kappa shape index (κ3) is 3.75. The SMILES string of the molecule is CCCN(CCC)C(=O)C1=Cc2cc(C)ccc2N=C(N)C1. The van der Waals surface area contributed by atoms with Crippen LogP contribution < -0.4 is 5.73 Å². The average molecular weight is 299 g/mol. The second-order valence-electron chi connectivity index (χ2n) is 5.80. The first-order chi connectivity index (χ1) is 10.5. The van der Waals surface area contributed by atoms with E-state index >= 15 is 0 Å². The summed E-state index contributed by atoms with van der Waals surface area (Å²) in [6.45, 7) is 7.77. The van der Waals surface area contributed by atoms with Gasteiger partial charge in [0.15, 0.2) is 0 Å². The summed E-state index contributed by atoms with van der Waals surface area (Å²) in [5.41, 5.74) is 9.69. The molecular weight excluding hydrogens is 274 g/mol. The third-order valence-electron chi connectivity index (χ3n) is 3.70. The molecule has 4 nitrogen and oxygen atoms in total. The highest BCUT2D eigenvalue weighted by molar-refractivity contribution is 6.05. The maximum absolute atomic E-state index is 12.8. The zero-order valence-corrected chi connectivity index (χ0v) is 13.7. The van der Waals surface area contributed by atoms with Gasteiger partial charge < -0.3 is 10.6 Å². The Morgan fingerprint density at radius 1 is 1.27 bits per heavy atom. The lowest BCUT2D eigenvalue weighted by molar-refractivity contribution is -0.127. The van der Waals surface area contributed by atoms with Crippen LogP contribution in [0.3, 0.4) is 0 Å². The second-order valence-corrected chi connectivity index (χ2v) is 5.80. The molecule has 1 aliphatic rings. The molecule has 22 heavy (non-hydrogen) atoms. The molecule has 0 unspecified atom stereocenters. The molecule has 2 rings (SSSR count). The Kier molecular flexibility index (Phi) is 5.36. The number of carbonyl (C=O) groups is 1. The number of amides is 1. The van der Waals surface area contributed by atoms with Gasteiger partial charge in [-0.15, -0.1) is 0 Å². The van der Waals surface area contributed by atoms with Crippen LogP contribution in [0.2, 0.25) is 0 Å². The predicted molar refractivity (Wildman–Crippen MR) is 92.2 cm³/mol. The van der Waals surface area contributed by atoms with Crippen molar-refractivity contribution < 1.29 is 4.79 Å². The van der Waals surface area contributed by atoms with Crippen molar-refractivity contribution in [1.29, 1.82) is 0 Å². The Morgan fingerprint density at radius 2 is 1.95 bits per heavy atom. The Bertz CT molecular complexity index is 611. The summed E-state index contributed by atoms with van der Waals surface area (Å²) in [7, 11) is 0. The number of rotatable bonds is 5. The number of carbonyl (C=O) groups excluding carboxylic acids is 1. The molecule has 1 aromatic rings. The van der Waals surface area contributed by atoms with Crippen LogP contribution in [0.4, 0.5) is 5.69 Å². The summed E-state index contributed by atoms with van der Waals surface area (Å²) in [6, 6.07) is 6.02. The topological polar surface area (TPSA) is 58.7 Å². The van der Waals surface area contributed by atoms with Crippen LogP contribution in [0, 0.1) is 6.92 Å². The summed E-state index contributed by atoms with van der Waals surface area (Å²) in [4.78, 5) is 19.2. The highest BCUT2D eigenvalue weighted by Gasteiger charge is 2.20. The van der Waals surface area contributed by atoms with Gasteiger partial charge in [-0.05, 0) is 38.0 Å². The molecule has 0 radical (unpaired) electrons. The van der Waals surface area contributed by atoms with Crippen LogP contribution >= 0.6 is 0 Å². The number of hydrogen-bond acceptors (Lipinski definition) is 3. The van der Waals surface area contributed by atoms with E-state index in [1.54, 1.807) is 0 Å². The van der Waals surface area contributed by atoms with E-state index < -0.39 is 0 Å². The fourth-order valence-corrected chi connectivity index (χ4v) is 2.71. The summed E-state index contributed by atoms with van der Waals surface area (Å²) in [5, 5.41) is 0. The number of aryl methyl sites for hydroxylation is 1. The molecule has 1 aliphatic heterocycles. The van der Waals surface area contributed by atoms with Gasteiger partial charge in [-0.25, -0.2) is 4.99 Å². The Labute approximate surface area is 132 Å². The standard InChI is InChI=1S/C18H25N3O/c1-4-8-21(9-5-2)18(22)15-11-14-10-13(3)6-7-16(14)20-17(19)12-15/h6-7,10-11H,4-5,8-9,12H2,1-3H3,(H2,19,20). The van der Waals surface area contributed by atoms with Gasteiger partial charge in [-0.3, -0.25) is 4.79 Å². The van der Waals surface area contributed by atoms with Crippen LogP contribution in [0.15, 0.2) is 28.8 Å².